The summed E-state index contributed by atoms with van der Waals surface area (Å²) in [4.78, 5) is 29.5. The number of anilines is 1. The number of hydrogen-bond acceptors (Lipinski definition) is 5. The molecule has 10 heteroatoms. The molecule has 7 nitrogen and oxygen atoms in total. The predicted molar refractivity (Wildman–Crippen MR) is 109 cm³/mol. The van der Waals surface area contributed by atoms with Crippen LogP contribution in [0, 0.1) is 17.5 Å². The van der Waals surface area contributed by atoms with Crippen LogP contribution in [0.1, 0.15) is 27.6 Å². The summed E-state index contributed by atoms with van der Waals surface area (Å²) in [6, 6.07) is 12.1. The normalized spacial score (nSPS) is 10.9. The third-order valence-electron chi connectivity index (χ3n) is 4.58. The molecule has 2 heterocycles. The van der Waals surface area contributed by atoms with Crippen LogP contribution in [0.2, 0.25) is 0 Å². The molecule has 2 aromatic carbocycles. The average Bonchev–Trinajstić information content (AvgIpc) is 3.20. The summed E-state index contributed by atoms with van der Waals surface area (Å²) in [5, 5.41) is 7.30. The molecule has 1 amide bonds. The van der Waals surface area contributed by atoms with Crippen LogP contribution in [-0.4, -0.2) is 33.2 Å². The number of halogens is 3. The van der Waals surface area contributed by atoms with Crippen molar-refractivity contribution in [1.82, 2.24) is 14.8 Å². The summed E-state index contributed by atoms with van der Waals surface area (Å²) in [7, 11) is 0. The number of pyridine rings is 1. The highest BCUT2D eigenvalue weighted by atomic mass is 19.2. The Morgan fingerprint density at radius 3 is 2.56 bits per heavy atom. The summed E-state index contributed by atoms with van der Waals surface area (Å²) < 4.78 is 47.1. The van der Waals surface area contributed by atoms with Gasteiger partial charge in [-0.3, -0.25) is 4.79 Å². The van der Waals surface area contributed by atoms with Crippen LogP contribution in [0.15, 0.2) is 54.7 Å². The number of para-hydroxylation sites is 1. The lowest BCUT2D eigenvalue weighted by atomic mass is 10.2. The van der Waals surface area contributed by atoms with E-state index >= 15 is 0 Å². The van der Waals surface area contributed by atoms with Gasteiger partial charge in [-0.05, 0) is 37.3 Å². The summed E-state index contributed by atoms with van der Waals surface area (Å²) in [5.74, 6) is -6.70. The maximum atomic E-state index is 14.1. The lowest BCUT2D eigenvalue weighted by Crippen LogP contribution is -2.20. The third kappa shape index (κ3) is 3.78. The van der Waals surface area contributed by atoms with Gasteiger partial charge in [-0.1, -0.05) is 18.2 Å². The van der Waals surface area contributed by atoms with Crippen molar-refractivity contribution in [1.29, 1.82) is 0 Å². The van der Waals surface area contributed by atoms with Crippen molar-refractivity contribution in [2.45, 2.75) is 6.92 Å². The van der Waals surface area contributed by atoms with Crippen molar-refractivity contribution in [3.8, 4) is 5.82 Å². The van der Waals surface area contributed by atoms with Crippen molar-refractivity contribution >= 4 is 28.6 Å². The number of carbonyl (C=O) groups is 2. The number of hydrogen-bond donors (Lipinski definition) is 1. The lowest BCUT2D eigenvalue weighted by Gasteiger charge is -2.12. The number of esters is 1. The highest BCUT2D eigenvalue weighted by Crippen LogP contribution is 2.24. The predicted octanol–water partition coefficient (Wildman–Crippen LogP) is 4.27. The average molecular weight is 440 g/mol. The zero-order chi connectivity index (χ0) is 22.8. The molecule has 0 unspecified atom stereocenters. The minimum atomic E-state index is -1.78. The highest BCUT2D eigenvalue weighted by molar-refractivity contribution is 6.07. The molecule has 0 bridgehead atoms. The number of ether oxygens (including phenoxy) is 1. The minimum absolute atomic E-state index is 0.0590. The molecule has 0 saturated carbocycles. The molecule has 4 aromatic rings. The van der Waals surface area contributed by atoms with Crippen LogP contribution in [0.3, 0.4) is 0 Å². The molecule has 4 rings (SSSR count). The Morgan fingerprint density at radius 1 is 1.00 bits per heavy atom. The first kappa shape index (κ1) is 21.0. The molecule has 0 saturated heterocycles. The topological polar surface area (TPSA) is 86.1 Å². The maximum Gasteiger partial charge on any atom is 0.343 e. The monoisotopic (exact) mass is 440 g/mol. The maximum absolute atomic E-state index is 14.1. The Morgan fingerprint density at radius 2 is 1.78 bits per heavy atom. The van der Waals surface area contributed by atoms with E-state index in [1.165, 1.54) is 0 Å². The summed E-state index contributed by atoms with van der Waals surface area (Å²) in [6.45, 7) is 1.66. The number of amides is 1. The molecule has 32 heavy (non-hydrogen) atoms. The fourth-order valence-electron chi connectivity index (χ4n) is 3.05. The van der Waals surface area contributed by atoms with Crippen LogP contribution >= 0.6 is 0 Å². The summed E-state index contributed by atoms with van der Waals surface area (Å²) >= 11 is 0. The van der Waals surface area contributed by atoms with Gasteiger partial charge < -0.3 is 10.1 Å². The molecule has 0 spiro atoms. The molecule has 2 aromatic heterocycles. The van der Waals surface area contributed by atoms with E-state index in [0.29, 0.717) is 11.6 Å². The van der Waals surface area contributed by atoms with Gasteiger partial charge in [0.2, 0.25) is 0 Å². The van der Waals surface area contributed by atoms with Crippen molar-refractivity contribution in [3.05, 3.63) is 83.3 Å². The van der Waals surface area contributed by atoms with Crippen molar-refractivity contribution < 1.29 is 27.5 Å². The molecular weight excluding hydrogens is 425 g/mol. The fourth-order valence-corrected chi connectivity index (χ4v) is 3.05. The number of carbonyl (C=O) groups excluding carboxylic acids is 2. The molecule has 0 fully saturated rings. The Hall–Kier alpha value is -4.21. The molecule has 0 aliphatic carbocycles. The van der Waals surface area contributed by atoms with E-state index in [1.54, 1.807) is 31.2 Å². The third-order valence-corrected chi connectivity index (χ3v) is 4.58. The zero-order valence-corrected chi connectivity index (χ0v) is 16.6. The fraction of sp³-hybridized carbons (Fsp3) is 0.0909. The SMILES string of the molecule is CCOC(=O)c1cnn(-c2ccc3ccccc3n2)c1NC(=O)c1ccc(F)c(F)c1F. The highest BCUT2D eigenvalue weighted by Gasteiger charge is 2.25. The zero-order valence-electron chi connectivity index (χ0n) is 16.6. The second-order valence-corrected chi connectivity index (χ2v) is 6.58. The van der Waals surface area contributed by atoms with Gasteiger partial charge in [-0.15, -0.1) is 0 Å². The van der Waals surface area contributed by atoms with E-state index in [-0.39, 0.29) is 23.8 Å². The Balaban J connectivity index is 1.80. The van der Waals surface area contributed by atoms with Crippen molar-refractivity contribution in [2.75, 3.05) is 11.9 Å². The minimum Gasteiger partial charge on any atom is -0.462 e. The number of benzene rings is 2. The van der Waals surface area contributed by atoms with E-state index in [2.05, 4.69) is 15.4 Å². The number of nitrogens with zero attached hydrogens (tertiary/aromatic N) is 3. The Bertz CT molecular complexity index is 1350. The second-order valence-electron chi connectivity index (χ2n) is 6.58. The van der Waals surface area contributed by atoms with Crippen LogP contribution in [-0.2, 0) is 4.74 Å². The number of aromatic nitrogens is 3. The van der Waals surface area contributed by atoms with Gasteiger partial charge in [-0.2, -0.15) is 9.78 Å². The van der Waals surface area contributed by atoms with E-state index in [0.717, 1.165) is 22.3 Å². The van der Waals surface area contributed by atoms with Crippen LogP contribution in [0.4, 0.5) is 19.0 Å². The molecule has 162 valence electrons. The van der Waals surface area contributed by atoms with Crippen LogP contribution in [0.5, 0.6) is 0 Å². The number of nitrogens with one attached hydrogen (secondary N) is 1. The van der Waals surface area contributed by atoms with E-state index in [4.69, 9.17) is 4.74 Å². The van der Waals surface area contributed by atoms with Gasteiger partial charge in [0, 0.05) is 5.39 Å². The van der Waals surface area contributed by atoms with E-state index in [1.807, 2.05) is 12.1 Å². The molecule has 1 N–H and O–H groups in total. The molecule has 0 aliphatic heterocycles. The Labute approximate surface area is 179 Å². The quantitative estimate of drug-likeness (QED) is 0.370. The molecule has 0 atom stereocenters. The van der Waals surface area contributed by atoms with Gasteiger partial charge in [0.05, 0.1) is 23.9 Å². The first-order chi connectivity index (χ1) is 15.4. The van der Waals surface area contributed by atoms with Gasteiger partial charge in [-0.25, -0.2) is 22.9 Å². The van der Waals surface area contributed by atoms with E-state index in [9.17, 15) is 22.8 Å². The largest absolute Gasteiger partial charge is 0.462 e. The molecule has 0 aliphatic rings. The van der Waals surface area contributed by atoms with E-state index < -0.39 is 34.9 Å². The molecule has 0 radical (unpaired) electrons. The van der Waals surface area contributed by atoms with Gasteiger partial charge in [0.1, 0.15) is 5.56 Å². The molecular formula is C22H15F3N4O3. The summed E-state index contributed by atoms with van der Waals surface area (Å²) in [6.07, 6.45) is 1.16. The second kappa shape index (κ2) is 8.50. The first-order valence-electron chi connectivity index (χ1n) is 9.47. The number of rotatable bonds is 5. The Kier molecular flexibility index (Phi) is 5.59. The summed E-state index contributed by atoms with van der Waals surface area (Å²) in [5.41, 5.74) is -0.252. The van der Waals surface area contributed by atoms with Crippen LogP contribution < -0.4 is 5.32 Å². The smallest absolute Gasteiger partial charge is 0.343 e. The van der Waals surface area contributed by atoms with Crippen molar-refractivity contribution in [3.63, 3.8) is 0 Å². The van der Waals surface area contributed by atoms with Crippen molar-refractivity contribution in [2.24, 2.45) is 0 Å². The van der Waals surface area contributed by atoms with Gasteiger partial charge in [0.15, 0.2) is 29.1 Å². The van der Waals surface area contributed by atoms with Crippen LogP contribution in [0.25, 0.3) is 16.7 Å². The lowest BCUT2D eigenvalue weighted by molar-refractivity contribution is 0.0527. The van der Waals surface area contributed by atoms with Gasteiger partial charge in [0.25, 0.3) is 5.91 Å². The number of fused-ring (bicyclic) bond motifs is 1. The van der Waals surface area contributed by atoms with Gasteiger partial charge >= 0.3 is 5.97 Å². The first-order valence-corrected chi connectivity index (χ1v) is 9.47. The standard InChI is InChI=1S/C22H15F3N4O3/c1-2-32-22(31)14-11-26-29(17-10-7-12-5-3-4-6-16(12)27-17)20(14)28-21(30)13-8-9-15(23)19(25)18(13)24/h3-11H,2H2,1H3,(H,28,30).